The molecule has 2 atom stereocenters. The normalized spacial score (nSPS) is 22.2. The monoisotopic (exact) mass is 335 g/mol. The highest BCUT2D eigenvalue weighted by Gasteiger charge is 2.39. The van der Waals surface area contributed by atoms with Crippen LogP contribution in [-0.2, 0) is 9.53 Å². The van der Waals surface area contributed by atoms with Gasteiger partial charge in [0.25, 0.3) is 0 Å². The van der Waals surface area contributed by atoms with Crippen LogP contribution in [0.2, 0.25) is 0 Å². The Morgan fingerprint density at radius 2 is 2.04 bits per heavy atom. The quantitative estimate of drug-likeness (QED) is 0.892. The summed E-state index contributed by atoms with van der Waals surface area (Å²) in [6, 6.07) is 2.22. The van der Waals surface area contributed by atoms with E-state index in [2.05, 4.69) is 58.9 Å². The third kappa shape index (κ3) is 3.82. The van der Waals surface area contributed by atoms with Gasteiger partial charge in [-0.15, -0.1) is 0 Å². The van der Waals surface area contributed by atoms with Crippen molar-refractivity contribution in [2.24, 2.45) is 16.7 Å². The molecule has 0 aromatic carbocycles. The average Bonchev–Trinajstić information content (AvgIpc) is 3.11. The highest BCUT2D eigenvalue weighted by atomic mass is 16.5. The number of aromatic nitrogens is 2. The molecule has 2 heterocycles. The van der Waals surface area contributed by atoms with Crippen LogP contribution < -0.4 is 5.32 Å². The summed E-state index contributed by atoms with van der Waals surface area (Å²) in [7, 11) is 0. The van der Waals surface area contributed by atoms with Crippen molar-refractivity contribution in [3.05, 3.63) is 18.0 Å². The van der Waals surface area contributed by atoms with Crippen LogP contribution >= 0.6 is 0 Å². The molecule has 1 aromatic rings. The van der Waals surface area contributed by atoms with Gasteiger partial charge >= 0.3 is 0 Å². The zero-order chi connectivity index (χ0) is 18.1. The van der Waals surface area contributed by atoms with E-state index >= 15 is 0 Å². The summed E-state index contributed by atoms with van der Waals surface area (Å²) in [4.78, 5) is 12.8. The van der Waals surface area contributed by atoms with Gasteiger partial charge in [0.2, 0.25) is 5.91 Å². The Morgan fingerprint density at radius 1 is 1.38 bits per heavy atom. The average molecular weight is 335 g/mol. The van der Waals surface area contributed by atoms with Crippen molar-refractivity contribution in [1.82, 2.24) is 15.1 Å². The Balaban J connectivity index is 2.08. The van der Waals surface area contributed by atoms with Crippen LogP contribution in [0.25, 0.3) is 0 Å². The summed E-state index contributed by atoms with van der Waals surface area (Å²) in [6.45, 7) is 16.5. The van der Waals surface area contributed by atoms with Gasteiger partial charge in [-0.05, 0) is 37.2 Å². The van der Waals surface area contributed by atoms with Gasteiger partial charge in [0.1, 0.15) is 6.10 Å². The van der Waals surface area contributed by atoms with Crippen molar-refractivity contribution < 1.29 is 9.53 Å². The SMILES string of the molecule is CC(C)n1nccc1[C@H]1OCC[C@@H]1C(=O)NCC(C)(C)C(C)(C)C. The zero-order valence-corrected chi connectivity index (χ0v) is 16.2. The first kappa shape index (κ1) is 19.0. The van der Waals surface area contributed by atoms with Gasteiger partial charge in [0.15, 0.2) is 0 Å². The minimum Gasteiger partial charge on any atom is -0.371 e. The number of rotatable bonds is 5. The molecule has 5 heteroatoms. The molecule has 1 aliphatic heterocycles. The molecule has 24 heavy (non-hydrogen) atoms. The Bertz CT molecular complexity index is 569. The summed E-state index contributed by atoms with van der Waals surface area (Å²) in [6.07, 6.45) is 2.34. The topological polar surface area (TPSA) is 56.2 Å². The van der Waals surface area contributed by atoms with E-state index in [-0.39, 0.29) is 34.8 Å². The number of carbonyl (C=O) groups excluding carboxylic acids is 1. The number of hydrogen-bond acceptors (Lipinski definition) is 3. The lowest BCUT2D eigenvalue weighted by atomic mass is 9.69. The molecule has 136 valence electrons. The van der Waals surface area contributed by atoms with Crippen molar-refractivity contribution in [2.75, 3.05) is 13.2 Å². The van der Waals surface area contributed by atoms with Crippen LogP contribution in [0.4, 0.5) is 0 Å². The lowest BCUT2D eigenvalue weighted by Crippen LogP contribution is -2.44. The van der Waals surface area contributed by atoms with Crippen molar-refractivity contribution >= 4 is 5.91 Å². The molecule has 1 fully saturated rings. The molecule has 0 saturated carbocycles. The van der Waals surface area contributed by atoms with Gasteiger partial charge in [-0.2, -0.15) is 5.10 Å². The lowest BCUT2D eigenvalue weighted by molar-refractivity contribution is -0.127. The zero-order valence-electron chi connectivity index (χ0n) is 16.2. The minimum atomic E-state index is -0.201. The first-order chi connectivity index (χ1) is 11.0. The molecular weight excluding hydrogens is 302 g/mol. The third-order valence-corrected chi connectivity index (χ3v) is 5.64. The molecule has 1 aliphatic rings. The number of nitrogens with zero attached hydrogens (tertiary/aromatic N) is 2. The van der Waals surface area contributed by atoms with Crippen LogP contribution in [0.1, 0.15) is 72.7 Å². The van der Waals surface area contributed by atoms with Crippen molar-refractivity contribution in [3.8, 4) is 0 Å². The number of ether oxygens (including phenoxy) is 1. The fraction of sp³-hybridized carbons (Fsp3) is 0.789. The molecular formula is C19H33N3O2. The summed E-state index contributed by atoms with van der Waals surface area (Å²) in [5.41, 5.74) is 1.15. The maximum atomic E-state index is 12.8. The van der Waals surface area contributed by atoms with E-state index in [0.29, 0.717) is 13.2 Å². The van der Waals surface area contributed by atoms with Crippen LogP contribution in [0.5, 0.6) is 0 Å². The molecule has 0 radical (unpaired) electrons. The molecule has 2 rings (SSSR count). The molecule has 1 aromatic heterocycles. The van der Waals surface area contributed by atoms with Gasteiger partial charge < -0.3 is 10.1 Å². The molecule has 0 spiro atoms. The predicted molar refractivity (Wildman–Crippen MR) is 95.7 cm³/mol. The molecule has 5 nitrogen and oxygen atoms in total. The van der Waals surface area contributed by atoms with E-state index in [0.717, 1.165) is 12.1 Å². The van der Waals surface area contributed by atoms with Gasteiger partial charge in [-0.25, -0.2) is 0 Å². The molecule has 1 N–H and O–H groups in total. The van der Waals surface area contributed by atoms with Gasteiger partial charge in [-0.1, -0.05) is 34.6 Å². The van der Waals surface area contributed by atoms with Crippen molar-refractivity contribution in [2.45, 2.75) is 67.0 Å². The Kier molecular flexibility index (Phi) is 5.43. The fourth-order valence-electron chi connectivity index (χ4n) is 2.84. The predicted octanol–water partition coefficient (Wildman–Crippen LogP) is 3.73. The number of nitrogens with one attached hydrogen (secondary N) is 1. The molecule has 0 aliphatic carbocycles. The van der Waals surface area contributed by atoms with E-state index in [1.165, 1.54) is 0 Å². The first-order valence-electron chi connectivity index (χ1n) is 8.97. The van der Waals surface area contributed by atoms with Crippen LogP contribution in [0, 0.1) is 16.7 Å². The fourth-order valence-corrected chi connectivity index (χ4v) is 2.84. The van der Waals surface area contributed by atoms with E-state index in [1.54, 1.807) is 6.20 Å². The number of carbonyl (C=O) groups is 1. The van der Waals surface area contributed by atoms with Crippen LogP contribution in [-0.4, -0.2) is 28.8 Å². The summed E-state index contributed by atoms with van der Waals surface area (Å²) in [5.74, 6) is -0.0544. The Labute approximate surface area is 146 Å². The van der Waals surface area contributed by atoms with Crippen molar-refractivity contribution in [1.29, 1.82) is 0 Å². The summed E-state index contributed by atoms with van der Waals surface area (Å²) in [5, 5.41) is 7.54. The maximum absolute atomic E-state index is 12.8. The second-order valence-corrected chi connectivity index (χ2v) is 8.83. The molecule has 1 saturated heterocycles. The molecule has 0 bridgehead atoms. The summed E-state index contributed by atoms with van der Waals surface area (Å²) < 4.78 is 7.85. The van der Waals surface area contributed by atoms with Gasteiger partial charge in [0.05, 0.1) is 11.6 Å². The standard InChI is InChI=1S/C19H33N3O2/c1-13(2)22-15(8-10-21-22)16-14(9-11-24-16)17(23)20-12-19(6,7)18(3,4)5/h8,10,13-14,16H,9,11-12H2,1-7H3,(H,20,23)/t14-,16-/m0/s1. The second kappa shape index (κ2) is 6.87. The molecule has 1 amide bonds. The molecule has 0 unspecified atom stereocenters. The largest absolute Gasteiger partial charge is 0.371 e. The van der Waals surface area contributed by atoms with E-state index in [9.17, 15) is 4.79 Å². The lowest BCUT2D eigenvalue weighted by Gasteiger charge is -2.39. The maximum Gasteiger partial charge on any atom is 0.226 e. The van der Waals surface area contributed by atoms with Crippen LogP contribution in [0.15, 0.2) is 12.3 Å². The minimum absolute atomic E-state index is 0.0251. The number of hydrogen-bond donors (Lipinski definition) is 1. The highest BCUT2D eigenvalue weighted by Crippen LogP contribution is 2.38. The van der Waals surface area contributed by atoms with Gasteiger partial charge in [-0.3, -0.25) is 9.48 Å². The van der Waals surface area contributed by atoms with E-state index < -0.39 is 0 Å². The third-order valence-electron chi connectivity index (χ3n) is 5.64. The second-order valence-electron chi connectivity index (χ2n) is 8.83. The van der Waals surface area contributed by atoms with Gasteiger partial charge in [0, 0.05) is 25.4 Å². The van der Waals surface area contributed by atoms with Crippen molar-refractivity contribution in [3.63, 3.8) is 0 Å². The summed E-state index contributed by atoms with van der Waals surface area (Å²) >= 11 is 0. The smallest absolute Gasteiger partial charge is 0.226 e. The van der Waals surface area contributed by atoms with Crippen LogP contribution in [0.3, 0.4) is 0 Å². The Hall–Kier alpha value is -1.36. The number of amides is 1. The van der Waals surface area contributed by atoms with E-state index in [1.807, 2.05) is 10.7 Å². The van der Waals surface area contributed by atoms with E-state index in [4.69, 9.17) is 4.74 Å². The highest BCUT2D eigenvalue weighted by molar-refractivity contribution is 5.79. The first-order valence-corrected chi connectivity index (χ1v) is 8.97. The Morgan fingerprint density at radius 3 is 2.62 bits per heavy atom.